The number of ether oxygens (including phenoxy) is 3. The number of carbonyl (C=O) groups excluding carboxylic acids is 1. The Hall–Kier alpha value is -2.77. The highest BCUT2D eigenvalue weighted by atomic mass is 16.8. The number of unbranched alkanes of at least 4 members (excludes halogenated alkanes) is 1. The molecule has 2 saturated heterocycles. The molecule has 0 aliphatic carbocycles. The summed E-state index contributed by atoms with van der Waals surface area (Å²) in [6.45, 7) is 6.66. The van der Waals surface area contributed by atoms with Gasteiger partial charge in [0, 0.05) is 0 Å². The van der Waals surface area contributed by atoms with Gasteiger partial charge in [0.1, 0.15) is 23.7 Å². The summed E-state index contributed by atoms with van der Waals surface area (Å²) in [6.07, 6.45) is 2.71. The molecule has 0 aromatic heterocycles. The third-order valence-corrected chi connectivity index (χ3v) is 6.13. The van der Waals surface area contributed by atoms with Crippen LogP contribution in [0.1, 0.15) is 44.7 Å². The van der Waals surface area contributed by atoms with Gasteiger partial charge in [-0.1, -0.05) is 37.6 Å². The lowest BCUT2D eigenvalue weighted by Gasteiger charge is -2.26. The average Bonchev–Trinajstić information content (AvgIpc) is 3.06. The number of nitrogens with one attached hydrogen (secondary N) is 2. The summed E-state index contributed by atoms with van der Waals surface area (Å²) in [5.74, 6) is 0.320. The molecule has 2 aromatic carbocycles. The van der Waals surface area contributed by atoms with Crippen LogP contribution >= 0.6 is 0 Å². The van der Waals surface area contributed by atoms with Crippen molar-refractivity contribution in [1.29, 1.82) is 0 Å². The number of carbonyl (C=O) groups is 1. The van der Waals surface area contributed by atoms with Crippen LogP contribution in [0.3, 0.4) is 0 Å². The molecular formula is C26H34N2O5. The molecule has 2 fully saturated rings. The van der Waals surface area contributed by atoms with E-state index < -0.39 is 5.79 Å². The van der Waals surface area contributed by atoms with Crippen molar-refractivity contribution < 1.29 is 24.1 Å². The monoisotopic (exact) mass is 454 g/mol. The summed E-state index contributed by atoms with van der Waals surface area (Å²) in [5.41, 5.74) is 2.09. The summed E-state index contributed by atoms with van der Waals surface area (Å²) in [4.78, 5) is 12.7. The van der Waals surface area contributed by atoms with Crippen molar-refractivity contribution >= 4 is 6.03 Å². The topological polar surface area (TPSA) is 89.1 Å². The van der Waals surface area contributed by atoms with E-state index in [-0.39, 0.29) is 36.1 Å². The van der Waals surface area contributed by atoms with E-state index in [1.807, 2.05) is 50.2 Å². The number of aromatic hydroxyl groups is 1. The van der Waals surface area contributed by atoms with E-state index in [0.29, 0.717) is 19.4 Å². The molecule has 178 valence electrons. The smallest absolute Gasteiger partial charge is 0.315 e. The van der Waals surface area contributed by atoms with E-state index >= 15 is 0 Å². The Labute approximate surface area is 195 Å². The van der Waals surface area contributed by atoms with Crippen LogP contribution in [0.25, 0.3) is 0 Å². The Balaban J connectivity index is 1.49. The van der Waals surface area contributed by atoms with E-state index in [9.17, 15) is 9.90 Å². The molecule has 33 heavy (non-hydrogen) atoms. The summed E-state index contributed by atoms with van der Waals surface area (Å²) in [7, 11) is 0. The minimum atomic E-state index is -0.748. The second kappa shape index (κ2) is 10.0. The third kappa shape index (κ3) is 5.97. The van der Waals surface area contributed by atoms with Gasteiger partial charge in [-0.25, -0.2) is 4.79 Å². The van der Waals surface area contributed by atoms with Gasteiger partial charge in [0.05, 0.1) is 18.7 Å². The van der Waals surface area contributed by atoms with E-state index in [2.05, 4.69) is 17.6 Å². The zero-order chi connectivity index (χ0) is 23.4. The van der Waals surface area contributed by atoms with Gasteiger partial charge in [0.25, 0.3) is 0 Å². The second-order valence-electron chi connectivity index (χ2n) is 9.32. The predicted octanol–water partition coefficient (Wildman–Crippen LogP) is 3.93. The number of hydrogen-bond donors (Lipinski definition) is 3. The van der Waals surface area contributed by atoms with Gasteiger partial charge in [-0.05, 0) is 68.5 Å². The van der Waals surface area contributed by atoms with Crippen molar-refractivity contribution in [3.63, 3.8) is 0 Å². The first-order valence-corrected chi connectivity index (χ1v) is 11.8. The quantitative estimate of drug-likeness (QED) is 0.526. The van der Waals surface area contributed by atoms with Gasteiger partial charge < -0.3 is 30.0 Å². The predicted molar refractivity (Wildman–Crippen MR) is 125 cm³/mol. The minimum Gasteiger partial charge on any atom is -0.508 e. The van der Waals surface area contributed by atoms with Crippen LogP contribution in [0.15, 0.2) is 48.5 Å². The van der Waals surface area contributed by atoms with Crippen molar-refractivity contribution in [3.8, 4) is 11.5 Å². The zero-order valence-electron chi connectivity index (χ0n) is 19.5. The summed E-state index contributed by atoms with van der Waals surface area (Å²) in [6, 6.07) is 14.3. The van der Waals surface area contributed by atoms with Crippen LogP contribution in [-0.4, -0.2) is 47.8 Å². The van der Waals surface area contributed by atoms with Crippen LogP contribution in [0.5, 0.6) is 11.5 Å². The first-order valence-electron chi connectivity index (χ1n) is 11.8. The molecule has 4 rings (SSSR count). The van der Waals surface area contributed by atoms with Gasteiger partial charge in [-0.3, -0.25) is 0 Å². The fraction of sp³-hybridized carbons (Fsp3) is 0.500. The molecule has 2 aromatic rings. The average molecular weight is 455 g/mol. The molecule has 7 heteroatoms. The standard InChI is InChI=1S/C26H34N2O5/c1-4-5-14-31-20-12-8-18(9-13-20)16-22-24-23(32-26(2,3)33-24)21(27-25(30)28-22)15-17-6-10-19(29)11-7-17/h6-13,21-24,29H,4-5,14-16H2,1-3H3,(H2,27,28,30)/t21-,22-,23+,24+/m1/s1. The molecule has 4 atom stereocenters. The van der Waals surface area contributed by atoms with Gasteiger partial charge in [-0.2, -0.15) is 0 Å². The molecule has 3 N–H and O–H groups in total. The number of fused-ring (bicyclic) bond motifs is 1. The lowest BCUT2D eigenvalue weighted by Crippen LogP contribution is -2.47. The van der Waals surface area contributed by atoms with E-state index in [0.717, 1.165) is 29.7 Å². The minimum absolute atomic E-state index is 0.214. The summed E-state index contributed by atoms with van der Waals surface area (Å²) >= 11 is 0. The van der Waals surface area contributed by atoms with E-state index in [1.165, 1.54) is 0 Å². The van der Waals surface area contributed by atoms with E-state index in [1.54, 1.807) is 12.1 Å². The lowest BCUT2D eigenvalue weighted by molar-refractivity contribution is -0.150. The fourth-order valence-corrected chi connectivity index (χ4v) is 4.51. The van der Waals surface area contributed by atoms with Crippen LogP contribution < -0.4 is 15.4 Å². The fourth-order valence-electron chi connectivity index (χ4n) is 4.51. The molecule has 7 nitrogen and oxygen atoms in total. The normalized spacial score (nSPS) is 26.1. The molecule has 2 aliphatic rings. The Bertz CT molecular complexity index is 929. The number of phenols is 1. The molecule has 2 heterocycles. The first kappa shape index (κ1) is 23.4. The summed E-state index contributed by atoms with van der Waals surface area (Å²) in [5, 5.41) is 15.7. The molecule has 0 spiro atoms. The van der Waals surface area contributed by atoms with Gasteiger partial charge in [0.15, 0.2) is 5.79 Å². The van der Waals surface area contributed by atoms with Crippen molar-refractivity contribution in [1.82, 2.24) is 10.6 Å². The molecule has 2 amide bonds. The molecule has 0 unspecified atom stereocenters. The summed E-state index contributed by atoms with van der Waals surface area (Å²) < 4.78 is 18.3. The molecule has 0 saturated carbocycles. The molecule has 0 radical (unpaired) electrons. The van der Waals surface area contributed by atoms with Crippen LogP contribution in [0.2, 0.25) is 0 Å². The largest absolute Gasteiger partial charge is 0.508 e. The maximum Gasteiger partial charge on any atom is 0.315 e. The van der Waals surface area contributed by atoms with Crippen molar-refractivity contribution in [2.24, 2.45) is 0 Å². The van der Waals surface area contributed by atoms with Gasteiger partial charge >= 0.3 is 6.03 Å². The van der Waals surface area contributed by atoms with E-state index in [4.69, 9.17) is 14.2 Å². The maximum atomic E-state index is 12.7. The first-order chi connectivity index (χ1) is 15.8. The van der Waals surface area contributed by atoms with Gasteiger partial charge in [-0.15, -0.1) is 0 Å². The number of phenolic OH excluding ortho intramolecular Hbond substituents is 1. The Morgan fingerprint density at radius 2 is 1.42 bits per heavy atom. The lowest BCUT2D eigenvalue weighted by atomic mass is 9.92. The number of rotatable bonds is 8. The highest BCUT2D eigenvalue weighted by Gasteiger charge is 2.50. The molecule has 0 bridgehead atoms. The highest BCUT2D eigenvalue weighted by Crippen LogP contribution is 2.35. The third-order valence-electron chi connectivity index (χ3n) is 6.13. The van der Waals surface area contributed by atoms with Crippen LogP contribution in [0.4, 0.5) is 4.79 Å². The highest BCUT2D eigenvalue weighted by molar-refractivity contribution is 5.75. The Morgan fingerprint density at radius 3 is 1.94 bits per heavy atom. The SMILES string of the molecule is CCCCOc1ccc(C[C@H]2NC(=O)N[C@H](Cc3ccc(O)cc3)[C@@H]3OC(C)(C)O[C@H]32)cc1. The van der Waals surface area contributed by atoms with Crippen molar-refractivity contribution in [3.05, 3.63) is 59.7 Å². The second-order valence-corrected chi connectivity index (χ2v) is 9.32. The number of benzene rings is 2. The van der Waals surface area contributed by atoms with Crippen molar-refractivity contribution in [2.75, 3.05) is 6.61 Å². The number of hydrogen-bond acceptors (Lipinski definition) is 5. The maximum absolute atomic E-state index is 12.7. The number of urea groups is 1. The Kier molecular flexibility index (Phi) is 7.10. The van der Waals surface area contributed by atoms with Crippen LogP contribution in [-0.2, 0) is 22.3 Å². The Morgan fingerprint density at radius 1 is 0.909 bits per heavy atom. The van der Waals surface area contributed by atoms with Crippen molar-refractivity contribution in [2.45, 2.75) is 76.5 Å². The zero-order valence-corrected chi connectivity index (χ0v) is 19.5. The van der Waals surface area contributed by atoms with Crippen LogP contribution in [0, 0.1) is 0 Å². The number of amides is 2. The molecule has 2 aliphatic heterocycles. The van der Waals surface area contributed by atoms with Gasteiger partial charge in [0.2, 0.25) is 0 Å². The molecular weight excluding hydrogens is 420 g/mol.